The van der Waals surface area contributed by atoms with Crippen LogP contribution in [0.5, 0.6) is 5.75 Å². The maximum absolute atomic E-state index is 6.18. The van der Waals surface area contributed by atoms with Crippen molar-refractivity contribution in [3.8, 4) is 5.75 Å². The van der Waals surface area contributed by atoms with E-state index in [0.717, 1.165) is 31.8 Å². The van der Waals surface area contributed by atoms with Crippen LogP contribution in [0.4, 0.5) is 0 Å². The second-order valence-corrected chi connectivity index (χ2v) is 6.63. The number of hydrogen-bond acceptors (Lipinski definition) is 3. The molecule has 1 saturated carbocycles. The van der Waals surface area contributed by atoms with Gasteiger partial charge in [-0.3, -0.25) is 4.90 Å². The summed E-state index contributed by atoms with van der Waals surface area (Å²) in [5.74, 6) is 1.08. The van der Waals surface area contributed by atoms with Gasteiger partial charge < -0.3 is 10.5 Å². The maximum atomic E-state index is 6.18. The van der Waals surface area contributed by atoms with Crippen LogP contribution in [0.25, 0.3) is 0 Å². The van der Waals surface area contributed by atoms with Gasteiger partial charge in [0.1, 0.15) is 11.9 Å². The van der Waals surface area contributed by atoms with Crippen molar-refractivity contribution in [2.75, 3.05) is 19.6 Å². The van der Waals surface area contributed by atoms with E-state index in [1.165, 1.54) is 37.7 Å². The first-order valence-corrected chi connectivity index (χ1v) is 8.47. The lowest BCUT2D eigenvalue weighted by atomic mass is 9.94. The lowest BCUT2D eigenvalue weighted by Crippen LogP contribution is -2.55. The van der Waals surface area contributed by atoms with Gasteiger partial charge in [-0.1, -0.05) is 38.0 Å². The molecule has 0 radical (unpaired) electrons. The van der Waals surface area contributed by atoms with Gasteiger partial charge in [0.25, 0.3) is 0 Å². The van der Waals surface area contributed by atoms with Crippen molar-refractivity contribution in [2.24, 2.45) is 5.73 Å². The topological polar surface area (TPSA) is 38.5 Å². The highest BCUT2D eigenvalue weighted by molar-refractivity contribution is 5.37. The van der Waals surface area contributed by atoms with E-state index in [4.69, 9.17) is 10.5 Å². The molecular weight excluding hydrogens is 260 g/mol. The van der Waals surface area contributed by atoms with Crippen LogP contribution in [0.15, 0.2) is 24.3 Å². The molecular formula is C18H28N2O. The molecule has 1 aromatic rings. The first kappa shape index (κ1) is 14.9. The van der Waals surface area contributed by atoms with Crippen molar-refractivity contribution in [3.63, 3.8) is 0 Å². The van der Waals surface area contributed by atoms with Gasteiger partial charge in [-0.15, -0.1) is 0 Å². The molecule has 21 heavy (non-hydrogen) atoms. The van der Waals surface area contributed by atoms with Crippen LogP contribution in [-0.4, -0.2) is 36.2 Å². The van der Waals surface area contributed by atoms with E-state index in [-0.39, 0.29) is 11.6 Å². The third-order valence-electron chi connectivity index (χ3n) is 5.22. The zero-order valence-corrected chi connectivity index (χ0v) is 13.2. The number of nitrogens with two attached hydrogens (primary N) is 1. The summed E-state index contributed by atoms with van der Waals surface area (Å²) >= 11 is 0. The third kappa shape index (κ3) is 2.95. The first-order chi connectivity index (χ1) is 10.3. The SMILES string of the molecule is CCCN(CC1Cc2ccccc2O1)C1(CN)CCCC1. The van der Waals surface area contributed by atoms with Crippen LogP contribution in [0, 0.1) is 0 Å². The molecule has 1 unspecified atom stereocenters. The van der Waals surface area contributed by atoms with E-state index in [1.807, 2.05) is 0 Å². The number of para-hydroxylation sites is 1. The average Bonchev–Trinajstić information content (AvgIpc) is 3.13. The molecule has 3 heteroatoms. The second kappa shape index (κ2) is 6.37. The van der Waals surface area contributed by atoms with Crippen molar-refractivity contribution in [1.82, 2.24) is 4.90 Å². The summed E-state index contributed by atoms with van der Waals surface area (Å²) in [6, 6.07) is 8.44. The van der Waals surface area contributed by atoms with Gasteiger partial charge in [-0.2, -0.15) is 0 Å². The van der Waals surface area contributed by atoms with E-state index in [0.29, 0.717) is 0 Å². The maximum Gasteiger partial charge on any atom is 0.123 e. The fraction of sp³-hybridized carbons (Fsp3) is 0.667. The van der Waals surface area contributed by atoms with E-state index in [1.54, 1.807) is 0 Å². The largest absolute Gasteiger partial charge is 0.488 e. The fourth-order valence-electron chi connectivity index (χ4n) is 4.08. The Morgan fingerprint density at radius 2 is 2.05 bits per heavy atom. The highest BCUT2D eigenvalue weighted by atomic mass is 16.5. The van der Waals surface area contributed by atoms with Gasteiger partial charge in [0.05, 0.1) is 0 Å². The van der Waals surface area contributed by atoms with E-state index >= 15 is 0 Å². The summed E-state index contributed by atoms with van der Waals surface area (Å²) in [6.07, 6.45) is 7.66. The van der Waals surface area contributed by atoms with E-state index in [2.05, 4.69) is 36.1 Å². The minimum atomic E-state index is 0.230. The van der Waals surface area contributed by atoms with E-state index < -0.39 is 0 Å². The third-order valence-corrected chi connectivity index (χ3v) is 5.22. The van der Waals surface area contributed by atoms with Gasteiger partial charge in [0.2, 0.25) is 0 Å². The Hall–Kier alpha value is -1.06. The van der Waals surface area contributed by atoms with Gasteiger partial charge in [-0.05, 0) is 37.4 Å². The molecule has 2 N–H and O–H groups in total. The number of rotatable bonds is 6. The lowest BCUT2D eigenvalue weighted by molar-refractivity contribution is 0.0559. The molecule has 1 aromatic carbocycles. The van der Waals surface area contributed by atoms with Crippen LogP contribution in [-0.2, 0) is 6.42 Å². The summed E-state index contributed by atoms with van der Waals surface area (Å²) in [6.45, 7) is 5.19. The summed E-state index contributed by atoms with van der Waals surface area (Å²) < 4.78 is 6.15. The quantitative estimate of drug-likeness (QED) is 0.874. The molecule has 1 aliphatic carbocycles. The molecule has 2 aliphatic rings. The molecule has 1 fully saturated rings. The van der Waals surface area contributed by atoms with Crippen molar-refractivity contribution in [3.05, 3.63) is 29.8 Å². The molecule has 116 valence electrons. The van der Waals surface area contributed by atoms with Crippen molar-refractivity contribution >= 4 is 0 Å². The van der Waals surface area contributed by atoms with Crippen LogP contribution in [0.1, 0.15) is 44.6 Å². The molecule has 1 aliphatic heterocycles. The highest BCUT2D eigenvalue weighted by Crippen LogP contribution is 2.36. The van der Waals surface area contributed by atoms with Crippen LogP contribution in [0.2, 0.25) is 0 Å². The predicted octanol–water partition coefficient (Wildman–Crippen LogP) is 2.97. The monoisotopic (exact) mass is 288 g/mol. The highest BCUT2D eigenvalue weighted by Gasteiger charge is 2.39. The lowest BCUT2D eigenvalue weighted by Gasteiger charge is -2.41. The molecule has 1 atom stereocenters. The number of hydrogen-bond donors (Lipinski definition) is 1. The van der Waals surface area contributed by atoms with Crippen molar-refractivity contribution in [2.45, 2.75) is 57.1 Å². The summed E-state index contributed by atoms with van der Waals surface area (Å²) in [4.78, 5) is 2.64. The molecule has 1 heterocycles. The smallest absolute Gasteiger partial charge is 0.123 e. The Bertz CT molecular complexity index is 443. The number of fused-ring (bicyclic) bond motifs is 1. The molecule has 0 saturated heterocycles. The number of benzene rings is 1. The van der Waals surface area contributed by atoms with Gasteiger partial charge in [0.15, 0.2) is 0 Å². The second-order valence-electron chi connectivity index (χ2n) is 6.63. The van der Waals surface area contributed by atoms with Crippen molar-refractivity contribution in [1.29, 1.82) is 0 Å². The molecule has 3 nitrogen and oxygen atoms in total. The van der Waals surface area contributed by atoms with E-state index in [9.17, 15) is 0 Å². The number of nitrogens with zero attached hydrogens (tertiary/aromatic N) is 1. The summed E-state index contributed by atoms with van der Waals surface area (Å²) in [5.41, 5.74) is 7.76. The fourth-order valence-corrected chi connectivity index (χ4v) is 4.08. The Labute approximate surface area is 128 Å². The summed E-state index contributed by atoms with van der Waals surface area (Å²) in [5, 5.41) is 0. The minimum Gasteiger partial charge on any atom is -0.488 e. The minimum absolute atomic E-state index is 0.230. The zero-order valence-electron chi connectivity index (χ0n) is 13.2. The normalized spacial score (nSPS) is 23.3. The molecule has 0 aromatic heterocycles. The molecule has 0 spiro atoms. The predicted molar refractivity (Wildman–Crippen MR) is 86.7 cm³/mol. The molecule has 0 amide bonds. The van der Waals surface area contributed by atoms with Crippen LogP contribution < -0.4 is 10.5 Å². The van der Waals surface area contributed by atoms with Crippen LogP contribution in [0.3, 0.4) is 0 Å². The standard InChI is InChI=1S/C18H28N2O/c1-2-11-20(18(14-19)9-5-6-10-18)13-16-12-15-7-3-4-8-17(15)21-16/h3-4,7-8,16H,2,5-6,9-14,19H2,1H3. The van der Waals surface area contributed by atoms with Gasteiger partial charge >= 0.3 is 0 Å². The van der Waals surface area contributed by atoms with Crippen molar-refractivity contribution < 1.29 is 4.74 Å². The van der Waals surface area contributed by atoms with Gasteiger partial charge in [-0.25, -0.2) is 0 Å². The number of ether oxygens (including phenoxy) is 1. The average molecular weight is 288 g/mol. The Morgan fingerprint density at radius 3 is 2.71 bits per heavy atom. The zero-order chi connectivity index (χ0) is 14.7. The summed E-state index contributed by atoms with van der Waals surface area (Å²) in [7, 11) is 0. The molecule has 3 rings (SSSR count). The van der Waals surface area contributed by atoms with Gasteiger partial charge in [0, 0.05) is 25.0 Å². The first-order valence-electron chi connectivity index (χ1n) is 8.47. The Kier molecular flexibility index (Phi) is 4.51. The Morgan fingerprint density at radius 1 is 1.29 bits per heavy atom. The Balaban J connectivity index is 1.69. The molecule has 0 bridgehead atoms. The van der Waals surface area contributed by atoms with Crippen LogP contribution >= 0.6 is 0 Å².